The van der Waals surface area contributed by atoms with E-state index >= 15 is 0 Å². The monoisotopic (exact) mass is 252 g/mol. The summed E-state index contributed by atoms with van der Waals surface area (Å²) in [6.45, 7) is 0. The molecule has 0 radical (unpaired) electrons. The number of fused-ring (bicyclic) bond motifs is 3. The zero-order valence-corrected chi connectivity index (χ0v) is 11.4. The molecule has 4 rings (SSSR count). The van der Waals surface area contributed by atoms with Gasteiger partial charge in [-0.2, -0.15) is 0 Å². The molecule has 2 atom stereocenters. The van der Waals surface area contributed by atoms with Gasteiger partial charge in [-0.3, -0.25) is 4.90 Å². The number of hydrogen-bond donors (Lipinski definition) is 0. The Bertz CT molecular complexity index is 548. The predicted octanol–water partition coefficient (Wildman–Crippen LogP) is 3.34. The van der Waals surface area contributed by atoms with E-state index in [0.29, 0.717) is 6.04 Å². The summed E-state index contributed by atoms with van der Waals surface area (Å²) < 4.78 is 0. The maximum absolute atomic E-state index is 2.55. The van der Waals surface area contributed by atoms with E-state index in [1.54, 1.807) is 0 Å². The quantitative estimate of drug-likeness (QED) is 0.706. The summed E-state index contributed by atoms with van der Waals surface area (Å²) in [5.41, 5.74) is 4.24. The molecule has 1 fully saturated rings. The highest BCUT2D eigenvalue weighted by Crippen LogP contribution is 2.39. The third kappa shape index (κ3) is 1.74. The minimum atomic E-state index is 0.654. The fraction of sp³-hybridized carbons (Fsp3) is 0.412. The van der Waals surface area contributed by atoms with Gasteiger partial charge in [0.05, 0.1) is 0 Å². The highest BCUT2D eigenvalue weighted by Gasteiger charge is 2.35. The third-order valence-electron chi connectivity index (χ3n) is 4.85. The van der Waals surface area contributed by atoms with Crippen molar-refractivity contribution in [2.24, 2.45) is 0 Å². The van der Waals surface area contributed by atoms with Gasteiger partial charge in [0.2, 0.25) is 0 Å². The Kier molecular flexibility index (Phi) is 2.52. The van der Waals surface area contributed by atoms with Crippen LogP contribution in [0.5, 0.6) is 0 Å². The fourth-order valence-electron chi connectivity index (χ4n) is 3.72. The predicted molar refractivity (Wildman–Crippen MR) is 78.2 cm³/mol. The first-order valence-corrected chi connectivity index (χ1v) is 7.30. The van der Waals surface area contributed by atoms with Gasteiger partial charge < -0.3 is 4.90 Å². The van der Waals surface area contributed by atoms with Crippen molar-refractivity contribution in [2.75, 3.05) is 7.05 Å². The Balaban J connectivity index is 1.69. The second-order valence-electron chi connectivity index (χ2n) is 5.89. The number of nitrogens with zero attached hydrogens (tertiary/aromatic N) is 2. The minimum absolute atomic E-state index is 0.654. The number of hydrogen-bond acceptors (Lipinski definition) is 2. The molecule has 2 nitrogen and oxygen atoms in total. The Morgan fingerprint density at radius 1 is 1.26 bits per heavy atom. The molecule has 2 heteroatoms. The topological polar surface area (TPSA) is 6.48 Å². The van der Waals surface area contributed by atoms with Crippen molar-refractivity contribution >= 4 is 0 Å². The molecule has 4 aliphatic rings. The summed E-state index contributed by atoms with van der Waals surface area (Å²) >= 11 is 0. The first-order valence-electron chi connectivity index (χ1n) is 7.30. The lowest BCUT2D eigenvalue weighted by molar-refractivity contribution is 0.254. The lowest BCUT2D eigenvalue weighted by Gasteiger charge is -2.36. The third-order valence-corrected chi connectivity index (χ3v) is 4.85. The fourth-order valence-corrected chi connectivity index (χ4v) is 3.72. The van der Waals surface area contributed by atoms with Crippen LogP contribution < -0.4 is 0 Å². The van der Waals surface area contributed by atoms with E-state index in [4.69, 9.17) is 0 Å². The van der Waals surface area contributed by atoms with Crippen LogP contribution in [0.25, 0.3) is 0 Å². The Morgan fingerprint density at radius 3 is 3.11 bits per heavy atom. The van der Waals surface area contributed by atoms with Crippen molar-refractivity contribution in [2.45, 2.75) is 37.8 Å². The normalized spacial score (nSPS) is 32.9. The van der Waals surface area contributed by atoms with E-state index in [0.717, 1.165) is 12.5 Å². The molecule has 2 bridgehead atoms. The molecule has 0 spiro atoms. The van der Waals surface area contributed by atoms with Gasteiger partial charge in [-0.25, -0.2) is 0 Å². The molecule has 0 N–H and O–H groups in total. The van der Waals surface area contributed by atoms with Crippen molar-refractivity contribution in [3.05, 3.63) is 59.6 Å². The van der Waals surface area contributed by atoms with E-state index in [1.807, 2.05) is 0 Å². The standard InChI is InChI=1S/C17H20N2/c1-18-15-8-9-16(18)12-13(11-15)17-7-4-6-14-5-2-3-10-19(14)17/h3-7,10-11,15-16H,2,8-9,12H2,1H3. The van der Waals surface area contributed by atoms with Crippen molar-refractivity contribution in [3.63, 3.8) is 0 Å². The van der Waals surface area contributed by atoms with Gasteiger partial charge in [-0.05, 0) is 50.5 Å². The molecule has 4 heterocycles. The van der Waals surface area contributed by atoms with Gasteiger partial charge in [0.1, 0.15) is 0 Å². The van der Waals surface area contributed by atoms with E-state index < -0.39 is 0 Å². The maximum atomic E-state index is 2.55. The van der Waals surface area contributed by atoms with Crippen LogP contribution in [0.1, 0.15) is 25.7 Å². The number of allylic oxidation sites excluding steroid dienone is 6. The average Bonchev–Trinajstić information content (AvgIpc) is 2.67. The van der Waals surface area contributed by atoms with Crippen LogP contribution in [0, 0.1) is 0 Å². The molecule has 0 amide bonds. The lowest BCUT2D eigenvalue weighted by Crippen LogP contribution is -2.36. The van der Waals surface area contributed by atoms with Crippen molar-refractivity contribution in [1.82, 2.24) is 9.80 Å². The smallest absolute Gasteiger partial charge is 0.0485 e. The van der Waals surface area contributed by atoms with E-state index in [9.17, 15) is 0 Å². The molecule has 1 saturated heterocycles. The highest BCUT2D eigenvalue weighted by atomic mass is 15.2. The molecule has 98 valence electrons. The van der Waals surface area contributed by atoms with Crippen LogP contribution in [0.15, 0.2) is 59.6 Å². The average molecular weight is 252 g/mol. The van der Waals surface area contributed by atoms with Gasteiger partial charge in [-0.1, -0.05) is 24.3 Å². The summed E-state index contributed by atoms with van der Waals surface area (Å²) in [5, 5.41) is 0. The highest BCUT2D eigenvalue weighted by molar-refractivity contribution is 5.46. The summed E-state index contributed by atoms with van der Waals surface area (Å²) in [7, 11) is 2.27. The molecule has 0 saturated carbocycles. The zero-order chi connectivity index (χ0) is 12.8. The Labute approximate surface area is 115 Å². The minimum Gasteiger partial charge on any atom is -0.318 e. The van der Waals surface area contributed by atoms with Crippen LogP contribution >= 0.6 is 0 Å². The molecular formula is C17H20N2. The maximum Gasteiger partial charge on any atom is 0.0485 e. The second-order valence-corrected chi connectivity index (χ2v) is 5.89. The summed E-state index contributed by atoms with van der Waals surface area (Å²) in [4.78, 5) is 4.89. The van der Waals surface area contributed by atoms with Crippen molar-refractivity contribution < 1.29 is 0 Å². The van der Waals surface area contributed by atoms with E-state index in [1.165, 1.54) is 36.2 Å². The zero-order valence-electron chi connectivity index (χ0n) is 11.4. The van der Waals surface area contributed by atoms with E-state index in [-0.39, 0.29) is 0 Å². The molecule has 0 aromatic heterocycles. The van der Waals surface area contributed by atoms with Gasteiger partial charge in [0.25, 0.3) is 0 Å². The van der Waals surface area contributed by atoms with Gasteiger partial charge >= 0.3 is 0 Å². The van der Waals surface area contributed by atoms with Crippen molar-refractivity contribution in [1.29, 1.82) is 0 Å². The molecule has 0 aromatic carbocycles. The van der Waals surface area contributed by atoms with Crippen molar-refractivity contribution in [3.8, 4) is 0 Å². The number of rotatable bonds is 1. The summed E-state index contributed by atoms with van der Waals surface area (Å²) in [5.74, 6) is 0. The largest absolute Gasteiger partial charge is 0.318 e. The first kappa shape index (κ1) is 11.3. The SMILES string of the molecule is CN1C2C=C(C3=CC=CC4=CCC=CN43)CC1CC2. The first-order chi connectivity index (χ1) is 9.33. The van der Waals surface area contributed by atoms with Crippen LogP contribution in [-0.2, 0) is 0 Å². The van der Waals surface area contributed by atoms with Crippen LogP contribution in [0.4, 0.5) is 0 Å². The summed E-state index contributed by atoms with van der Waals surface area (Å²) in [6.07, 6.45) is 20.9. The molecule has 4 aliphatic heterocycles. The molecule has 2 unspecified atom stereocenters. The lowest BCUT2D eigenvalue weighted by atomic mass is 9.96. The molecule has 0 aromatic rings. The number of likely N-dealkylation sites (N-methyl/N-ethyl adjacent to an activating group) is 1. The molecule has 19 heavy (non-hydrogen) atoms. The van der Waals surface area contributed by atoms with Gasteiger partial charge in [-0.15, -0.1) is 0 Å². The molecule has 0 aliphatic carbocycles. The molecular weight excluding hydrogens is 232 g/mol. The Hall–Kier alpha value is -1.54. The van der Waals surface area contributed by atoms with Crippen LogP contribution in [-0.4, -0.2) is 28.9 Å². The Morgan fingerprint density at radius 2 is 2.21 bits per heavy atom. The van der Waals surface area contributed by atoms with Gasteiger partial charge in [0.15, 0.2) is 0 Å². The van der Waals surface area contributed by atoms with Gasteiger partial charge in [0, 0.05) is 29.7 Å². The van der Waals surface area contributed by atoms with Crippen LogP contribution in [0.2, 0.25) is 0 Å². The van der Waals surface area contributed by atoms with E-state index in [2.05, 4.69) is 59.5 Å². The second kappa shape index (κ2) is 4.24. The summed E-state index contributed by atoms with van der Waals surface area (Å²) in [6, 6.07) is 1.40. The van der Waals surface area contributed by atoms with Crippen LogP contribution in [0.3, 0.4) is 0 Å².